The first-order valence-corrected chi connectivity index (χ1v) is 9.48. The van der Waals surface area contributed by atoms with Crippen LogP contribution in [0.15, 0.2) is 30.3 Å². The molecule has 184 valence electrons. The molecule has 0 unspecified atom stereocenters. The smallest absolute Gasteiger partial charge is 0.321 e. The molecule has 0 saturated carbocycles. The van der Waals surface area contributed by atoms with Crippen LogP contribution in [0, 0.1) is 35.3 Å². The minimum Gasteiger partial charge on any atom is -0.321 e. The van der Waals surface area contributed by atoms with Gasteiger partial charge < -0.3 is 5.32 Å². The summed E-state index contributed by atoms with van der Waals surface area (Å²) < 4.78 is 92.3. The predicted molar refractivity (Wildman–Crippen MR) is 108 cm³/mol. The molecule has 0 aliphatic heterocycles. The number of aryl methyl sites for hydroxylation is 2. The molecule has 0 atom stereocenters. The monoisotopic (exact) mass is 493 g/mol. The number of benzene rings is 2. The third kappa shape index (κ3) is 5.27. The molecule has 0 fully saturated rings. The van der Waals surface area contributed by atoms with Crippen LogP contribution >= 0.6 is 0 Å². The van der Waals surface area contributed by atoms with Gasteiger partial charge >= 0.3 is 18.0 Å². The number of rotatable bonds is 4. The van der Waals surface area contributed by atoms with Crippen molar-refractivity contribution < 1.29 is 40.5 Å². The number of anilines is 1. The highest BCUT2D eigenvalue weighted by Crippen LogP contribution is 2.53. The summed E-state index contributed by atoms with van der Waals surface area (Å²) in [5, 5.41) is 22.1. The Labute approximate surface area is 189 Å². The van der Waals surface area contributed by atoms with Gasteiger partial charge in [-0.3, -0.25) is 14.9 Å². The van der Waals surface area contributed by atoms with Crippen LogP contribution in [0.4, 0.5) is 42.1 Å². The van der Waals surface area contributed by atoms with E-state index in [0.717, 1.165) is 32.0 Å². The van der Waals surface area contributed by atoms with Crippen molar-refractivity contribution in [1.29, 1.82) is 5.26 Å². The van der Waals surface area contributed by atoms with E-state index in [1.807, 2.05) is 13.8 Å². The summed E-state index contributed by atoms with van der Waals surface area (Å²) >= 11 is 0. The molecule has 2 aromatic carbocycles. The zero-order valence-electron chi connectivity index (χ0n) is 18.2. The highest BCUT2D eigenvalue weighted by Gasteiger charge is 2.73. The van der Waals surface area contributed by atoms with Crippen molar-refractivity contribution in [2.45, 2.75) is 45.7 Å². The van der Waals surface area contributed by atoms with Gasteiger partial charge in [0, 0.05) is 22.9 Å². The van der Waals surface area contributed by atoms with Crippen LogP contribution < -0.4 is 5.32 Å². The van der Waals surface area contributed by atoms with E-state index in [4.69, 9.17) is 5.26 Å². The molecular weight excluding hydrogens is 475 g/mol. The minimum atomic E-state index is -6.30. The van der Waals surface area contributed by atoms with Gasteiger partial charge in [0.2, 0.25) is 0 Å². The molecule has 0 saturated heterocycles. The molecule has 0 aliphatic rings. The maximum absolute atomic E-state index is 14.3. The minimum absolute atomic E-state index is 0.211. The van der Waals surface area contributed by atoms with E-state index in [1.54, 1.807) is 6.07 Å². The number of nitrogens with zero attached hydrogens (tertiary/aromatic N) is 2. The van der Waals surface area contributed by atoms with Gasteiger partial charge in [0.1, 0.15) is 11.6 Å². The Morgan fingerprint density at radius 1 is 0.971 bits per heavy atom. The number of amides is 1. The number of nitro benzene ring substituents is 1. The SMILES string of the molecule is CC.Cc1cc(C(F)(C(F)(F)F)C(F)(F)F)cc(C)c1NC(=O)c1ccc(C#N)c([N+](=O)[O-])c1. The van der Waals surface area contributed by atoms with Crippen LogP contribution in [0.3, 0.4) is 0 Å². The second-order valence-corrected chi connectivity index (χ2v) is 6.69. The van der Waals surface area contributed by atoms with Crippen molar-refractivity contribution in [3.05, 3.63) is 68.3 Å². The van der Waals surface area contributed by atoms with Gasteiger partial charge in [-0.25, -0.2) is 4.39 Å². The third-order valence-electron chi connectivity index (χ3n) is 4.53. The fourth-order valence-electron chi connectivity index (χ4n) is 2.95. The fraction of sp³-hybridized carbons (Fsp3) is 0.333. The standard InChI is InChI=1S/C19H12F7N3O3.C2H6/c1-9-5-13(17(20,18(21,22)23)19(24,25)26)6-10(2)15(9)28-16(30)11-3-4-12(8-27)14(7-11)29(31)32;1-2/h3-7H,1-2H3,(H,28,30);1-2H3. The highest BCUT2D eigenvalue weighted by atomic mass is 19.4. The number of hydrogen-bond donors (Lipinski definition) is 1. The van der Waals surface area contributed by atoms with Crippen molar-refractivity contribution in [1.82, 2.24) is 0 Å². The normalized spacial score (nSPS) is 11.7. The summed E-state index contributed by atoms with van der Waals surface area (Å²) in [6.07, 6.45) is -12.6. The number of nitrogens with one attached hydrogen (secondary N) is 1. The largest absolute Gasteiger partial charge is 0.435 e. The molecule has 34 heavy (non-hydrogen) atoms. The lowest BCUT2D eigenvalue weighted by Gasteiger charge is -2.31. The summed E-state index contributed by atoms with van der Waals surface area (Å²) in [6.45, 7) is 6.11. The van der Waals surface area contributed by atoms with E-state index in [1.165, 1.54) is 0 Å². The Morgan fingerprint density at radius 2 is 1.44 bits per heavy atom. The Morgan fingerprint density at radius 3 is 1.82 bits per heavy atom. The maximum atomic E-state index is 14.3. The number of carbonyl (C=O) groups excluding carboxylic acids is 1. The second-order valence-electron chi connectivity index (χ2n) is 6.69. The van der Waals surface area contributed by atoms with Crippen LogP contribution in [-0.2, 0) is 5.67 Å². The van der Waals surface area contributed by atoms with E-state index < -0.39 is 40.1 Å². The molecule has 0 radical (unpaired) electrons. The molecule has 2 aromatic rings. The summed E-state index contributed by atoms with van der Waals surface area (Å²) in [6, 6.07) is 5.04. The lowest BCUT2D eigenvalue weighted by Crippen LogP contribution is -2.50. The molecule has 6 nitrogen and oxygen atoms in total. The van der Waals surface area contributed by atoms with Gasteiger partial charge in [-0.1, -0.05) is 26.0 Å². The molecular formula is C21H18F7N3O3. The van der Waals surface area contributed by atoms with Crippen LogP contribution in [-0.4, -0.2) is 23.2 Å². The van der Waals surface area contributed by atoms with E-state index >= 15 is 0 Å². The number of carbonyl (C=O) groups is 1. The predicted octanol–water partition coefficient (Wildman–Crippen LogP) is 6.65. The van der Waals surface area contributed by atoms with Crippen molar-refractivity contribution in [2.75, 3.05) is 5.32 Å². The van der Waals surface area contributed by atoms with E-state index in [-0.39, 0.29) is 27.9 Å². The van der Waals surface area contributed by atoms with Crippen LogP contribution in [0.2, 0.25) is 0 Å². The third-order valence-corrected chi connectivity index (χ3v) is 4.53. The van der Waals surface area contributed by atoms with Gasteiger partial charge in [0.15, 0.2) is 0 Å². The number of nitro groups is 1. The molecule has 2 rings (SSSR count). The van der Waals surface area contributed by atoms with Gasteiger partial charge in [0.25, 0.3) is 11.6 Å². The molecule has 0 heterocycles. The summed E-state index contributed by atoms with van der Waals surface area (Å²) in [7, 11) is 0. The summed E-state index contributed by atoms with van der Waals surface area (Å²) in [5.74, 6) is -0.991. The van der Waals surface area contributed by atoms with Gasteiger partial charge in [-0.15, -0.1) is 0 Å². The van der Waals surface area contributed by atoms with Crippen molar-refractivity contribution >= 4 is 17.3 Å². The van der Waals surface area contributed by atoms with Gasteiger partial charge in [0.05, 0.1) is 4.92 Å². The van der Waals surface area contributed by atoms with Crippen molar-refractivity contribution in [3.8, 4) is 6.07 Å². The average Bonchev–Trinajstić information content (AvgIpc) is 2.74. The second kappa shape index (κ2) is 10.1. The molecule has 13 heteroatoms. The molecule has 1 N–H and O–H groups in total. The number of alkyl halides is 7. The van der Waals surface area contributed by atoms with Crippen molar-refractivity contribution in [2.24, 2.45) is 0 Å². The molecule has 0 bridgehead atoms. The topological polar surface area (TPSA) is 96.0 Å². The van der Waals surface area contributed by atoms with E-state index in [2.05, 4.69) is 5.32 Å². The van der Waals surface area contributed by atoms with Gasteiger partial charge in [-0.2, -0.15) is 31.6 Å². The van der Waals surface area contributed by atoms with Crippen LogP contribution in [0.1, 0.15) is 46.5 Å². The van der Waals surface area contributed by atoms with Gasteiger partial charge in [-0.05, 0) is 37.1 Å². The average molecular weight is 493 g/mol. The molecule has 0 aromatic heterocycles. The van der Waals surface area contributed by atoms with E-state index in [9.17, 15) is 45.6 Å². The molecule has 0 aliphatic carbocycles. The van der Waals surface area contributed by atoms with Crippen molar-refractivity contribution in [3.63, 3.8) is 0 Å². The summed E-state index contributed by atoms with van der Waals surface area (Å²) in [5.41, 5.74) is -9.49. The Kier molecular flexibility index (Phi) is 8.39. The highest BCUT2D eigenvalue weighted by molar-refractivity contribution is 6.05. The Bertz CT molecular complexity index is 1100. The lowest BCUT2D eigenvalue weighted by molar-refractivity contribution is -0.385. The number of hydrogen-bond acceptors (Lipinski definition) is 4. The van der Waals surface area contributed by atoms with Crippen LogP contribution in [0.5, 0.6) is 0 Å². The number of nitriles is 1. The first-order valence-electron chi connectivity index (χ1n) is 9.48. The van der Waals surface area contributed by atoms with Crippen LogP contribution in [0.25, 0.3) is 0 Å². The van der Waals surface area contributed by atoms with E-state index in [0.29, 0.717) is 12.1 Å². The molecule has 1 amide bonds. The zero-order chi connectivity index (χ0) is 26.6. The first kappa shape index (κ1) is 28.3. The maximum Gasteiger partial charge on any atom is 0.435 e. The fourth-order valence-corrected chi connectivity index (χ4v) is 2.95. The quantitative estimate of drug-likeness (QED) is 0.293. The lowest BCUT2D eigenvalue weighted by atomic mass is 9.90. The Hall–Kier alpha value is -3.69. The summed E-state index contributed by atoms with van der Waals surface area (Å²) in [4.78, 5) is 22.6. The molecule has 0 spiro atoms. The first-order chi connectivity index (χ1) is 15.5. The Balaban J connectivity index is 0.00000281. The zero-order valence-corrected chi connectivity index (χ0v) is 18.2. The number of halogens is 7.